The summed E-state index contributed by atoms with van der Waals surface area (Å²) in [7, 11) is -2.74. The number of nitrogens with zero attached hydrogens (tertiary/aromatic N) is 1. The second kappa shape index (κ2) is 7.92. The number of benzene rings is 2. The van der Waals surface area contributed by atoms with E-state index < -0.39 is 22.5 Å². The number of para-hydroxylation sites is 2. The molecule has 0 unspecified atom stereocenters. The number of nitrogens with one attached hydrogen (secondary N) is 1. The first-order valence-electron chi connectivity index (χ1n) is 6.91. The molecule has 0 heterocycles. The lowest BCUT2D eigenvalue weighted by Crippen LogP contribution is -2.43. The van der Waals surface area contributed by atoms with Crippen LogP contribution in [0.5, 0.6) is 5.75 Å². The second-order valence-electron chi connectivity index (χ2n) is 4.83. The van der Waals surface area contributed by atoms with Gasteiger partial charge in [-0.1, -0.05) is 35.3 Å². The molecule has 0 saturated carbocycles. The van der Waals surface area contributed by atoms with Gasteiger partial charge in [0, 0.05) is 0 Å². The molecule has 0 aromatic heterocycles. The third-order valence-electron chi connectivity index (χ3n) is 3.28. The molecule has 0 bridgehead atoms. The van der Waals surface area contributed by atoms with Crippen molar-refractivity contribution < 1.29 is 17.9 Å². The zero-order valence-electron chi connectivity index (χ0n) is 13.1. The lowest BCUT2D eigenvalue weighted by molar-refractivity contribution is -0.119. The van der Waals surface area contributed by atoms with Crippen LogP contribution in [0.3, 0.4) is 0 Å². The van der Waals surface area contributed by atoms with Crippen LogP contribution in [0.4, 0.5) is 5.69 Å². The summed E-state index contributed by atoms with van der Waals surface area (Å²) in [5, 5.41) is 0.287. The number of carbonyl (C=O) groups is 1. The van der Waals surface area contributed by atoms with Gasteiger partial charge >= 0.3 is 0 Å². The average molecular weight is 404 g/mol. The van der Waals surface area contributed by atoms with E-state index >= 15 is 0 Å². The molecule has 7 nitrogen and oxygen atoms in total. The van der Waals surface area contributed by atoms with Gasteiger partial charge in [0.1, 0.15) is 12.3 Å². The third kappa shape index (κ3) is 4.16. The van der Waals surface area contributed by atoms with Crippen LogP contribution in [0.1, 0.15) is 0 Å². The molecule has 0 aliphatic rings. The van der Waals surface area contributed by atoms with E-state index in [0.29, 0.717) is 0 Å². The highest BCUT2D eigenvalue weighted by molar-refractivity contribution is 7.92. The molecule has 0 saturated heterocycles. The first-order chi connectivity index (χ1) is 11.8. The van der Waals surface area contributed by atoms with Crippen LogP contribution in [0.25, 0.3) is 0 Å². The van der Waals surface area contributed by atoms with Crippen LogP contribution in [0, 0.1) is 0 Å². The molecule has 0 fully saturated rings. The molecule has 2 rings (SSSR count). The third-order valence-corrected chi connectivity index (χ3v) is 5.78. The zero-order chi connectivity index (χ0) is 18.6. The molecule has 0 aliphatic heterocycles. The number of amides is 1. The van der Waals surface area contributed by atoms with Gasteiger partial charge in [-0.25, -0.2) is 14.3 Å². The number of hydrogen-bond donors (Lipinski definition) is 2. The molecule has 0 radical (unpaired) electrons. The van der Waals surface area contributed by atoms with Gasteiger partial charge in [-0.05, 0) is 30.3 Å². The number of methoxy groups -OCH3 is 1. The SMILES string of the molecule is COc1ccccc1N(CC(=O)NN)S(=O)(=O)c1ccc(Cl)c(Cl)c1. The van der Waals surface area contributed by atoms with Gasteiger partial charge in [-0.3, -0.25) is 14.5 Å². The van der Waals surface area contributed by atoms with E-state index in [2.05, 4.69) is 0 Å². The van der Waals surface area contributed by atoms with Crippen molar-refractivity contribution in [3.63, 3.8) is 0 Å². The fraction of sp³-hybridized carbons (Fsp3) is 0.133. The lowest BCUT2D eigenvalue weighted by Gasteiger charge is -2.25. The highest BCUT2D eigenvalue weighted by Gasteiger charge is 2.29. The lowest BCUT2D eigenvalue weighted by atomic mass is 10.3. The van der Waals surface area contributed by atoms with E-state index in [1.807, 2.05) is 5.43 Å². The highest BCUT2D eigenvalue weighted by atomic mass is 35.5. The fourth-order valence-corrected chi connectivity index (χ4v) is 3.90. The molecule has 3 N–H and O–H groups in total. The minimum atomic E-state index is -4.14. The Morgan fingerprint density at radius 1 is 1.20 bits per heavy atom. The van der Waals surface area contributed by atoms with Gasteiger partial charge in [0.15, 0.2) is 0 Å². The Labute approximate surface area is 155 Å². The molecule has 0 aliphatic carbocycles. The quantitative estimate of drug-likeness (QED) is 0.437. The van der Waals surface area contributed by atoms with Crippen molar-refractivity contribution in [2.45, 2.75) is 4.90 Å². The van der Waals surface area contributed by atoms with E-state index in [0.717, 1.165) is 4.31 Å². The molecule has 25 heavy (non-hydrogen) atoms. The predicted molar refractivity (Wildman–Crippen MR) is 96.3 cm³/mol. The summed E-state index contributed by atoms with van der Waals surface area (Å²) in [6, 6.07) is 10.3. The molecular weight excluding hydrogens is 389 g/mol. The van der Waals surface area contributed by atoms with Crippen LogP contribution in [-0.4, -0.2) is 28.0 Å². The van der Waals surface area contributed by atoms with E-state index in [9.17, 15) is 13.2 Å². The van der Waals surface area contributed by atoms with Crippen LogP contribution in [0.2, 0.25) is 10.0 Å². The predicted octanol–water partition coefficient (Wildman–Crippen LogP) is 2.19. The molecule has 10 heteroatoms. The Bertz CT molecular complexity index is 890. The van der Waals surface area contributed by atoms with Gasteiger partial charge in [0.05, 0.1) is 27.7 Å². The molecule has 1 amide bonds. The number of carbonyl (C=O) groups excluding carboxylic acids is 1. The van der Waals surface area contributed by atoms with Crippen molar-refractivity contribution in [2.24, 2.45) is 5.84 Å². The maximum Gasteiger partial charge on any atom is 0.264 e. The number of halogens is 2. The van der Waals surface area contributed by atoms with Crippen LogP contribution in [0.15, 0.2) is 47.4 Å². The molecule has 134 valence electrons. The van der Waals surface area contributed by atoms with Crippen LogP contribution >= 0.6 is 23.2 Å². The van der Waals surface area contributed by atoms with Gasteiger partial charge in [-0.15, -0.1) is 0 Å². The van der Waals surface area contributed by atoms with Gasteiger partial charge in [0.25, 0.3) is 15.9 Å². The van der Waals surface area contributed by atoms with E-state index in [4.69, 9.17) is 33.8 Å². The summed E-state index contributed by atoms with van der Waals surface area (Å²) >= 11 is 11.8. The summed E-state index contributed by atoms with van der Waals surface area (Å²) < 4.78 is 32.2. The number of hydrogen-bond acceptors (Lipinski definition) is 5. The Hall–Kier alpha value is -2.00. The minimum Gasteiger partial charge on any atom is -0.495 e. The number of hydrazine groups is 1. The van der Waals surface area contributed by atoms with Crippen molar-refractivity contribution in [1.29, 1.82) is 0 Å². The Morgan fingerprint density at radius 3 is 2.48 bits per heavy atom. The smallest absolute Gasteiger partial charge is 0.264 e. The van der Waals surface area contributed by atoms with Crippen molar-refractivity contribution in [3.05, 3.63) is 52.5 Å². The highest BCUT2D eigenvalue weighted by Crippen LogP contribution is 2.33. The summed E-state index contributed by atoms with van der Waals surface area (Å²) in [4.78, 5) is 11.6. The number of anilines is 1. The standard InChI is InChI=1S/C15H15Cl2N3O4S/c1-24-14-5-3-2-4-13(14)20(9-15(21)19-18)25(22,23)10-6-7-11(16)12(17)8-10/h2-8H,9,18H2,1H3,(H,19,21). The minimum absolute atomic E-state index is 0.0750. The van der Waals surface area contributed by atoms with E-state index in [-0.39, 0.29) is 26.4 Å². The van der Waals surface area contributed by atoms with Crippen molar-refractivity contribution in [2.75, 3.05) is 18.0 Å². The van der Waals surface area contributed by atoms with E-state index in [1.165, 1.54) is 31.4 Å². The van der Waals surface area contributed by atoms with E-state index in [1.54, 1.807) is 18.2 Å². The number of sulfonamides is 1. The molecule has 0 atom stereocenters. The van der Waals surface area contributed by atoms with Crippen LogP contribution in [-0.2, 0) is 14.8 Å². The molecule has 0 spiro atoms. The Balaban J connectivity index is 2.61. The monoisotopic (exact) mass is 403 g/mol. The number of nitrogens with two attached hydrogens (primary N) is 1. The average Bonchev–Trinajstić information content (AvgIpc) is 2.61. The van der Waals surface area contributed by atoms with Crippen molar-refractivity contribution in [1.82, 2.24) is 5.43 Å². The zero-order valence-corrected chi connectivity index (χ0v) is 15.4. The maximum absolute atomic E-state index is 13.1. The van der Waals surface area contributed by atoms with Gasteiger partial charge in [0.2, 0.25) is 0 Å². The Kier molecular flexibility index (Phi) is 6.12. The van der Waals surface area contributed by atoms with Crippen molar-refractivity contribution in [3.8, 4) is 5.75 Å². The van der Waals surface area contributed by atoms with Crippen molar-refractivity contribution >= 4 is 44.8 Å². The maximum atomic E-state index is 13.1. The largest absolute Gasteiger partial charge is 0.495 e. The second-order valence-corrected chi connectivity index (χ2v) is 7.50. The summed E-state index contributed by atoms with van der Waals surface area (Å²) in [6.07, 6.45) is 0. The van der Waals surface area contributed by atoms with Gasteiger partial charge < -0.3 is 4.74 Å². The molecule has 2 aromatic carbocycles. The Morgan fingerprint density at radius 2 is 1.88 bits per heavy atom. The normalized spacial score (nSPS) is 11.0. The fourth-order valence-electron chi connectivity index (χ4n) is 2.08. The first-order valence-corrected chi connectivity index (χ1v) is 9.11. The summed E-state index contributed by atoms with van der Waals surface area (Å²) in [5.41, 5.74) is 2.09. The summed E-state index contributed by atoms with van der Waals surface area (Å²) in [5.74, 6) is 4.68. The number of ether oxygens (including phenoxy) is 1. The van der Waals surface area contributed by atoms with Crippen LogP contribution < -0.4 is 20.3 Å². The molecule has 2 aromatic rings. The number of rotatable bonds is 6. The summed E-state index contributed by atoms with van der Waals surface area (Å²) in [6.45, 7) is -0.542. The first kappa shape index (κ1) is 19.3. The molecular formula is C15H15Cl2N3O4S. The topological polar surface area (TPSA) is 102 Å². The van der Waals surface area contributed by atoms with Gasteiger partial charge in [-0.2, -0.15) is 0 Å².